The van der Waals surface area contributed by atoms with Crippen LogP contribution in [0, 0.1) is 13.8 Å². The van der Waals surface area contributed by atoms with E-state index in [0.29, 0.717) is 24.6 Å². The summed E-state index contributed by atoms with van der Waals surface area (Å²) in [5.41, 5.74) is 5.48. The van der Waals surface area contributed by atoms with Gasteiger partial charge in [0.2, 0.25) is 5.95 Å². The Kier molecular flexibility index (Phi) is 3.63. The van der Waals surface area contributed by atoms with E-state index in [0.717, 1.165) is 0 Å². The number of rotatable bonds is 3. The van der Waals surface area contributed by atoms with Crippen molar-refractivity contribution in [2.45, 2.75) is 26.1 Å². The highest BCUT2D eigenvalue weighted by atomic mass is 19.4. The van der Waals surface area contributed by atoms with E-state index in [1.807, 2.05) is 0 Å². The molecule has 0 saturated carbocycles. The van der Waals surface area contributed by atoms with Gasteiger partial charge in [-0.05, 0) is 13.8 Å². The second kappa shape index (κ2) is 5.37. The van der Waals surface area contributed by atoms with E-state index in [-0.39, 0.29) is 17.7 Å². The van der Waals surface area contributed by atoms with E-state index in [9.17, 15) is 13.2 Å². The summed E-state index contributed by atoms with van der Waals surface area (Å²) in [4.78, 5) is 7.54. The minimum Gasteiger partial charge on any atom is -0.383 e. The molecule has 0 atom stereocenters. The fourth-order valence-electron chi connectivity index (χ4n) is 2.29. The molecule has 0 aromatic carbocycles. The van der Waals surface area contributed by atoms with Gasteiger partial charge in [0, 0.05) is 6.20 Å². The van der Waals surface area contributed by atoms with Crippen molar-refractivity contribution in [1.82, 2.24) is 19.7 Å². The highest BCUT2D eigenvalue weighted by molar-refractivity contribution is 5.58. The molecule has 0 unspecified atom stereocenters. The summed E-state index contributed by atoms with van der Waals surface area (Å²) in [5, 5.41) is 7.20. The molecular weight excluding hydrogens is 313 g/mol. The molecule has 1 saturated heterocycles. The zero-order valence-corrected chi connectivity index (χ0v) is 12.5. The van der Waals surface area contributed by atoms with Crippen LogP contribution in [-0.4, -0.2) is 33.0 Å². The fourth-order valence-corrected chi connectivity index (χ4v) is 2.29. The third-order valence-electron chi connectivity index (χ3n) is 3.56. The SMILES string of the molecule is Cc1nn(C2COC2)cc1Nc1nc(C)c(C(F)(F)F)c(N)n1. The molecule has 0 aliphatic carbocycles. The molecule has 1 fully saturated rings. The van der Waals surface area contributed by atoms with Gasteiger partial charge in [0.05, 0.1) is 36.3 Å². The largest absolute Gasteiger partial charge is 0.421 e. The molecule has 1 aliphatic heterocycles. The minimum atomic E-state index is -4.59. The van der Waals surface area contributed by atoms with Crippen LogP contribution in [0.4, 0.5) is 30.6 Å². The predicted molar refractivity (Wildman–Crippen MR) is 76.3 cm³/mol. The number of nitrogens with two attached hydrogens (primary N) is 1. The van der Waals surface area contributed by atoms with Crippen LogP contribution in [0.25, 0.3) is 0 Å². The van der Waals surface area contributed by atoms with Crippen molar-refractivity contribution in [3.63, 3.8) is 0 Å². The Morgan fingerprint density at radius 2 is 1.96 bits per heavy atom. The lowest BCUT2D eigenvalue weighted by Gasteiger charge is -2.25. The van der Waals surface area contributed by atoms with Gasteiger partial charge in [-0.1, -0.05) is 0 Å². The first-order valence-corrected chi connectivity index (χ1v) is 6.87. The maximum absolute atomic E-state index is 12.9. The van der Waals surface area contributed by atoms with E-state index < -0.39 is 17.6 Å². The van der Waals surface area contributed by atoms with E-state index >= 15 is 0 Å². The number of nitrogen functional groups attached to an aromatic ring is 1. The van der Waals surface area contributed by atoms with Crippen molar-refractivity contribution in [2.75, 3.05) is 24.3 Å². The molecule has 7 nitrogen and oxygen atoms in total. The number of aryl methyl sites for hydroxylation is 2. The number of nitrogens with one attached hydrogen (secondary N) is 1. The lowest BCUT2D eigenvalue weighted by atomic mass is 10.2. The molecule has 1 aliphatic rings. The van der Waals surface area contributed by atoms with Gasteiger partial charge < -0.3 is 15.8 Å². The van der Waals surface area contributed by atoms with Crippen LogP contribution in [0.5, 0.6) is 0 Å². The normalized spacial score (nSPS) is 15.5. The van der Waals surface area contributed by atoms with Crippen molar-refractivity contribution in [2.24, 2.45) is 0 Å². The van der Waals surface area contributed by atoms with Crippen LogP contribution in [-0.2, 0) is 10.9 Å². The molecular formula is C13H15F3N6O. The van der Waals surface area contributed by atoms with Crippen molar-refractivity contribution < 1.29 is 17.9 Å². The average molecular weight is 328 g/mol. The van der Waals surface area contributed by atoms with Crippen LogP contribution < -0.4 is 11.1 Å². The maximum atomic E-state index is 12.9. The van der Waals surface area contributed by atoms with Gasteiger partial charge in [-0.2, -0.15) is 23.3 Å². The summed E-state index contributed by atoms with van der Waals surface area (Å²) in [6.07, 6.45) is -2.84. The molecule has 2 aromatic rings. The molecule has 3 rings (SSSR count). The highest BCUT2D eigenvalue weighted by Crippen LogP contribution is 2.35. The molecule has 124 valence electrons. The van der Waals surface area contributed by atoms with E-state index in [4.69, 9.17) is 10.5 Å². The standard InChI is InChI=1S/C13H15F3N6O/c1-6-9(3-22(21-6)8-4-23-5-8)19-12-18-7(2)10(11(17)20-12)13(14,15)16/h3,8H,4-5H2,1-2H3,(H3,17,18,19,20). The first kappa shape index (κ1) is 15.5. The van der Waals surface area contributed by atoms with Crippen LogP contribution in [0.3, 0.4) is 0 Å². The molecule has 23 heavy (non-hydrogen) atoms. The monoisotopic (exact) mass is 328 g/mol. The number of hydrogen-bond donors (Lipinski definition) is 2. The van der Waals surface area contributed by atoms with Gasteiger partial charge in [0.15, 0.2) is 0 Å². The Balaban J connectivity index is 1.87. The van der Waals surface area contributed by atoms with Crippen LogP contribution in [0.1, 0.15) is 23.0 Å². The van der Waals surface area contributed by atoms with E-state index in [2.05, 4.69) is 20.4 Å². The zero-order chi connectivity index (χ0) is 16.8. The summed E-state index contributed by atoms with van der Waals surface area (Å²) in [5.74, 6) is -0.606. The van der Waals surface area contributed by atoms with Crippen molar-refractivity contribution in [3.05, 3.63) is 23.1 Å². The Morgan fingerprint density at radius 3 is 2.48 bits per heavy atom. The summed E-state index contributed by atoms with van der Waals surface area (Å²) < 4.78 is 45.4. The molecule has 0 spiro atoms. The quantitative estimate of drug-likeness (QED) is 0.898. The second-order valence-corrected chi connectivity index (χ2v) is 5.32. The van der Waals surface area contributed by atoms with E-state index in [1.165, 1.54) is 6.92 Å². The van der Waals surface area contributed by atoms with Crippen LogP contribution >= 0.6 is 0 Å². The lowest BCUT2D eigenvalue weighted by Crippen LogP contribution is -2.30. The number of halogens is 3. The number of nitrogens with zero attached hydrogens (tertiary/aromatic N) is 4. The van der Waals surface area contributed by atoms with Crippen molar-refractivity contribution in [1.29, 1.82) is 0 Å². The third-order valence-corrected chi connectivity index (χ3v) is 3.56. The van der Waals surface area contributed by atoms with Crippen LogP contribution in [0.15, 0.2) is 6.20 Å². The first-order valence-electron chi connectivity index (χ1n) is 6.87. The summed E-state index contributed by atoms with van der Waals surface area (Å²) >= 11 is 0. The van der Waals surface area contributed by atoms with Gasteiger partial charge in [0.25, 0.3) is 0 Å². The van der Waals surface area contributed by atoms with E-state index in [1.54, 1.807) is 17.8 Å². The molecule has 0 amide bonds. The Bertz CT molecular complexity index is 715. The number of aromatic nitrogens is 4. The number of ether oxygens (including phenoxy) is 1. The molecule has 3 N–H and O–H groups in total. The van der Waals surface area contributed by atoms with Gasteiger partial charge in [-0.25, -0.2) is 4.98 Å². The van der Waals surface area contributed by atoms with Crippen molar-refractivity contribution >= 4 is 17.5 Å². The second-order valence-electron chi connectivity index (χ2n) is 5.32. The van der Waals surface area contributed by atoms with Gasteiger partial charge >= 0.3 is 6.18 Å². The summed E-state index contributed by atoms with van der Waals surface area (Å²) in [6.45, 7) is 4.19. The molecule has 3 heterocycles. The topological polar surface area (TPSA) is 90.9 Å². The lowest BCUT2D eigenvalue weighted by molar-refractivity contribution is -0.137. The van der Waals surface area contributed by atoms with Gasteiger partial charge in [-0.15, -0.1) is 0 Å². The Hall–Kier alpha value is -2.36. The Labute approximate surface area is 129 Å². The zero-order valence-electron chi connectivity index (χ0n) is 12.5. The highest BCUT2D eigenvalue weighted by Gasteiger charge is 2.36. The van der Waals surface area contributed by atoms with Crippen molar-refractivity contribution in [3.8, 4) is 0 Å². The number of hydrogen-bond acceptors (Lipinski definition) is 6. The summed E-state index contributed by atoms with van der Waals surface area (Å²) in [6, 6.07) is 0.171. The molecule has 0 bridgehead atoms. The molecule has 2 aromatic heterocycles. The maximum Gasteiger partial charge on any atom is 0.421 e. The molecule has 0 radical (unpaired) electrons. The Morgan fingerprint density at radius 1 is 1.26 bits per heavy atom. The fraction of sp³-hybridized carbons (Fsp3) is 0.462. The predicted octanol–water partition coefficient (Wildman–Crippen LogP) is 2.21. The first-order chi connectivity index (χ1) is 10.8. The van der Waals surface area contributed by atoms with Crippen LogP contribution in [0.2, 0.25) is 0 Å². The number of alkyl halides is 3. The average Bonchev–Trinajstić information content (AvgIpc) is 2.65. The number of anilines is 3. The van der Waals surface area contributed by atoms with Gasteiger partial charge in [-0.3, -0.25) is 4.68 Å². The smallest absolute Gasteiger partial charge is 0.383 e. The molecule has 10 heteroatoms. The third kappa shape index (κ3) is 2.93. The summed E-state index contributed by atoms with van der Waals surface area (Å²) in [7, 11) is 0. The van der Waals surface area contributed by atoms with Gasteiger partial charge in [0.1, 0.15) is 11.4 Å². The minimum absolute atomic E-state index is 0.000472.